The van der Waals surface area contributed by atoms with E-state index in [4.69, 9.17) is 4.74 Å². The summed E-state index contributed by atoms with van der Waals surface area (Å²) in [6, 6.07) is 14.5. The van der Waals surface area contributed by atoms with Gasteiger partial charge in [-0.2, -0.15) is 0 Å². The number of rotatable bonds is 9. The Balaban J connectivity index is 1.75. The molecular formula is C24H28N2O5. The minimum atomic E-state index is -1.05. The van der Waals surface area contributed by atoms with Crippen LogP contribution in [0.15, 0.2) is 54.6 Å². The molecule has 2 N–H and O–H groups in total. The van der Waals surface area contributed by atoms with Crippen molar-refractivity contribution >= 4 is 23.5 Å². The number of hydrogen-bond acceptors (Lipinski definition) is 5. The number of carboxylic acids is 1. The first-order chi connectivity index (χ1) is 14.9. The number of carbonyl (C=O) groups is 3. The quantitative estimate of drug-likeness (QED) is 0.601. The number of esters is 1. The molecule has 2 aromatic carbocycles. The molecule has 7 nitrogen and oxygen atoms in total. The zero-order chi connectivity index (χ0) is 22.4. The third kappa shape index (κ3) is 5.30. The molecule has 0 aromatic heterocycles. The zero-order valence-electron chi connectivity index (χ0n) is 17.8. The summed E-state index contributed by atoms with van der Waals surface area (Å²) in [7, 11) is 0. The van der Waals surface area contributed by atoms with Gasteiger partial charge in [0.15, 0.2) is 0 Å². The Labute approximate surface area is 182 Å². The van der Waals surface area contributed by atoms with Crippen LogP contribution in [-0.2, 0) is 32.0 Å². The van der Waals surface area contributed by atoms with Crippen LogP contribution in [-0.4, -0.2) is 47.7 Å². The van der Waals surface area contributed by atoms with Crippen LogP contribution in [0.2, 0.25) is 0 Å². The largest absolute Gasteiger partial charge is 0.480 e. The molecular weight excluding hydrogens is 396 g/mol. The molecule has 0 radical (unpaired) electrons. The highest BCUT2D eigenvalue weighted by Crippen LogP contribution is 2.32. The van der Waals surface area contributed by atoms with Crippen molar-refractivity contribution in [3.05, 3.63) is 65.7 Å². The maximum Gasteiger partial charge on any atom is 0.327 e. The first-order valence-corrected chi connectivity index (χ1v) is 10.5. The van der Waals surface area contributed by atoms with Gasteiger partial charge in [0.05, 0.1) is 12.6 Å². The standard InChI is InChI=1S/C24H28N2O5/c1-3-31-24(30)19(14-13-17-9-5-4-6-10-17)25-16(2)22(27)26-20-12-8-7-11-18(20)15-21(26)23(28)29/h4-12,16,19,21,25H,3,13-15H2,1-2H3,(H,28,29)/t16-,19-,21?/m0/s1. The number of nitrogens with zero attached hydrogens (tertiary/aromatic N) is 1. The summed E-state index contributed by atoms with van der Waals surface area (Å²) in [5.74, 6) is -1.86. The van der Waals surface area contributed by atoms with Crippen molar-refractivity contribution in [2.24, 2.45) is 0 Å². The van der Waals surface area contributed by atoms with Crippen LogP contribution in [0.5, 0.6) is 0 Å². The SMILES string of the molecule is CCOC(=O)[C@H](CCc1ccccc1)N[C@@H](C)C(=O)N1c2ccccc2CC1C(=O)O. The molecule has 1 aliphatic rings. The van der Waals surface area contributed by atoms with E-state index in [-0.39, 0.29) is 18.9 Å². The fourth-order valence-corrected chi connectivity index (χ4v) is 3.91. The van der Waals surface area contributed by atoms with E-state index in [0.717, 1.165) is 11.1 Å². The van der Waals surface area contributed by atoms with Crippen molar-refractivity contribution in [1.29, 1.82) is 0 Å². The average molecular weight is 424 g/mol. The third-order valence-electron chi connectivity index (χ3n) is 5.46. The van der Waals surface area contributed by atoms with Gasteiger partial charge in [0, 0.05) is 12.1 Å². The van der Waals surface area contributed by atoms with E-state index in [0.29, 0.717) is 18.5 Å². The number of aryl methyl sites for hydroxylation is 1. The van der Waals surface area contributed by atoms with Gasteiger partial charge < -0.3 is 9.84 Å². The summed E-state index contributed by atoms with van der Waals surface area (Å²) in [5, 5.41) is 12.7. The van der Waals surface area contributed by atoms with Gasteiger partial charge in [-0.15, -0.1) is 0 Å². The predicted molar refractivity (Wildman–Crippen MR) is 117 cm³/mol. The maximum atomic E-state index is 13.3. The summed E-state index contributed by atoms with van der Waals surface area (Å²) >= 11 is 0. The number of aliphatic carboxylic acids is 1. The van der Waals surface area contributed by atoms with Gasteiger partial charge in [0.2, 0.25) is 5.91 Å². The number of benzene rings is 2. The van der Waals surface area contributed by atoms with E-state index in [1.807, 2.05) is 42.5 Å². The first-order valence-electron chi connectivity index (χ1n) is 10.5. The van der Waals surface area contributed by atoms with Crippen LogP contribution in [0.25, 0.3) is 0 Å². The number of fused-ring (bicyclic) bond motifs is 1. The summed E-state index contributed by atoms with van der Waals surface area (Å²) in [4.78, 5) is 38.9. The molecule has 31 heavy (non-hydrogen) atoms. The normalized spacial score (nSPS) is 17.0. The Morgan fingerprint density at radius 1 is 1.13 bits per heavy atom. The zero-order valence-corrected chi connectivity index (χ0v) is 17.8. The van der Waals surface area contributed by atoms with Crippen LogP contribution in [0.4, 0.5) is 5.69 Å². The van der Waals surface area contributed by atoms with Gasteiger partial charge in [-0.05, 0) is 43.9 Å². The number of para-hydroxylation sites is 1. The van der Waals surface area contributed by atoms with Crippen molar-refractivity contribution in [1.82, 2.24) is 5.32 Å². The van der Waals surface area contributed by atoms with Crippen molar-refractivity contribution < 1.29 is 24.2 Å². The van der Waals surface area contributed by atoms with Crippen LogP contribution in [0.3, 0.4) is 0 Å². The van der Waals surface area contributed by atoms with E-state index >= 15 is 0 Å². The van der Waals surface area contributed by atoms with Crippen molar-refractivity contribution in [3.8, 4) is 0 Å². The van der Waals surface area contributed by atoms with E-state index < -0.39 is 30.1 Å². The minimum absolute atomic E-state index is 0.241. The van der Waals surface area contributed by atoms with Gasteiger partial charge in [-0.3, -0.25) is 19.8 Å². The molecule has 1 heterocycles. The average Bonchev–Trinajstić information content (AvgIpc) is 3.16. The maximum absolute atomic E-state index is 13.3. The number of amides is 1. The molecule has 3 rings (SSSR count). The fraction of sp³-hybridized carbons (Fsp3) is 0.375. The second kappa shape index (κ2) is 10.2. The van der Waals surface area contributed by atoms with E-state index in [9.17, 15) is 19.5 Å². The molecule has 1 aliphatic heterocycles. The molecule has 1 unspecified atom stereocenters. The molecule has 0 saturated carbocycles. The summed E-state index contributed by atoms with van der Waals surface area (Å²) < 4.78 is 5.19. The molecule has 1 amide bonds. The second-order valence-electron chi connectivity index (χ2n) is 7.61. The van der Waals surface area contributed by atoms with E-state index in [2.05, 4.69) is 5.32 Å². The molecule has 3 atom stereocenters. The highest BCUT2D eigenvalue weighted by molar-refractivity contribution is 6.04. The van der Waals surface area contributed by atoms with Crippen LogP contribution in [0, 0.1) is 0 Å². The number of hydrogen-bond donors (Lipinski definition) is 2. The van der Waals surface area contributed by atoms with E-state index in [1.54, 1.807) is 26.0 Å². The molecule has 2 aromatic rings. The monoisotopic (exact) mass is 424 g/mol. The van der Waals surface area contributed by atoms with Crippen LogP contribution in [0.1, 0.15) is 31.4 Å². The topological polar surface area (TPSA) is 95.9 Å². The Morgan fingerprint density at radius 2 is 1.81 bits per heavy atom. The van der Waals surface area contributed by atoms with Crippen molar-refractivity contribution in [2.75, 3.05) is 11.5 Å². The summed E-state index contributed by atoms with van der Waals surface area (Å²) in [6.07, 6.45) is 1.36. The Bertz CT molecular complexity index is 931. The number of ether oxygens (including phenoxy) is 1. The molecule has 0 spiro atoms. The molecule has 0 aliphatic carbocycles. The number of nitrogens with one attached hydrogen (secondary N) is 1. The van der Waals surface area contributed by atoms with Gasteiger partial charge >= 0.3 is 11.9 Å². The smallest absolute Gasteiger partial charge is 0.327 e. The highest BCUT2D eigenvalue weighted by Gasteiger charge is 2.40. The van der Waals surface area contributed by atoms with Crippen LogP contribution < -0.4 is 10.2 Å². The third-order valence-corrected chi connectivity index (χ3v) is 5.46. The van der Waals surface area contributed by atoms with Gasteiger partial charge in [-0.1, -0.05) is 48.5 Å². The van der Waals surface area contributed by atoms with Gasteiger partial charge in [-0.25, -0.2) is 4.79 Å². The lowest BCUT2D eigenvalue weighted by Crippen LogP contribution is -2.54. The number of carbonyl (C=O) groups excluding carboxylic acids is 2. The molecule has 0 fully saturated rings. The highest BCUT2D eigenvalue weighted by atomic mass is 16.5. The first kappa shape index (κ1) is 22.5. The molecule has 164 valence electrons. The van der Waals surface area contributed by atoms with Crippen molar-refractivity contribution in [3.63, 3.8) is 0 Å². The minimum Gasteiger partial charge on any atom is -0.480 e. The number of carboxylic acid groups (broad SMARTS) is 1. The predicted octanol–water partition coefficient (Wildman–Crippen LogP) is 2.57. The number of anilines is 1. The van der Waals surface area contributed by atoms with Gasteiger partial charge in [0.1, 0.15) is 12.1 Å². The fourth-order valence-electron chi connectivity index (χ4n) is 3.91. The lowest BCUT2D eigenvalue weighted by molar-refractivity contribution is -0.146. The molecule has 7 heteroatoms. The Kier molecular flexibility index (Phi) is 7.41. The molecule has 0 bridgehead atoms. The summed E-state index contributed by atoms with van der Waals surface area (Å²) in [6.45, 7) is 3.63. The van der Waals surface area contributed by atoms with Gasteiger partial charge in [0.25, 0.3) is 0 Å². The molecule has 0 saturated heterocycles. The van der Waals surface area contributed by atoms with E-state index in [1.165, 1.54) is 4.90 Å². The van der Waals surface area contributed by atoms with Crippen LogP contribution >= 0.6 is 0 Å². The Hall–Kier alpha value is -3.19. The Morgan fingerprint density at radius 3 is 2.48 bits per heavy atom. The van der Waals surface area contributed by atoms with Crippen molar-refractivity contribution in [2.45, 2.75) is 51.2 Å². The summed E-state index contributed by atoms with van der Waals surface area (Å²) in [5.41, 5.74) is 2.50. The second-order valence-corrected chi connectivity index (χ2v) is 7.61. The lowest BCUT2D eigenvalue weighted by Gasteiger charge is -2.28. The lowest BCUT2D eigenvalue weighted by atomic mass is 10.0.